The van der Waals surface area contributed by atoms with E-state index in [-0.39, 0.29) is 52.8 Å². The number of carbonyl (C=O) groups is 1. The van der Waals surface area contributed by atoms with Gasteiger partial charge in [-0.3, -0.25) is 4.79 Å². The molecule has 2 aliphatic carbocycles. The summed E-state index contributed by atoms with van der Waals surface area (Å²) < 4.78 is 12.4. The van der Waals surface area contributed by atoms with Gasteiger partial charge in [0.1, 0.15) is 0 Å². The van der Waals surface area contributed by atoms with E-state index in [9.17, 15) is 9.90 Å². The topological polar surface area (TPSA) is 55.8 Å². The number of hydrogen-bond donors (Lipinski definition) is 1. The van der Waals surface area contributed by atoms with Crippen LogP contribution in [0.4, 0.5) is 0 Å². The minimum absolute atomic E-state index is 0.0244. The van der Waals surface area contributed by atoms with Crippen molar-refractivity contribution in [2.45, 2.75) is 78.6 Å². The number of aliphatic hydroxyl groups excluding tert-OH is 1. The molecule has 0 heterocycles. The van der Waals surface area contributed by atoms with E-state index >= 15 is 0 Å². The Hall–Kier alpha value is -0.653. The van der Waals surface area contributed by atoms with Gasteiger partial charge in [0.2, 0.25) is 0 Å². The molecule has 1 saturated carbocycles. The van der Waals surface area contributed by atoms with E-state index < -0.39 is 8.32 Å². The normalized spacial score (nSPS) is 37.0. The van der Waals surface area contributed by atoms with E-state index in [0.717, 1.165) is 12.8 Å². The molecule has 0 aromatic heterocycles. The predicted molar refractivity (Wildman–Crippen MR) is 112 cm³/mol. The Morgan fingerprint density at radius 1 is 1.26 bits per heavy atom. The highest BCUT2D eigenvalue weighted by atomic mass is 28.4. The van der Waals surface area contributed by atoms with Crippen LogP contribution in [0.1, 0.15) is 54.4 Å². The van der Waals surface area contributed by atoms with Gasteiger partial charge in [0.05, 0.1) is 12.5 Å². The number of ether oxygens (including phenoxy) is 1. The fourth-order valence-electron chi connectivity index (χ4n) is 4.58. The molecule has 6 atom stereocenters. The lowest BCUT2D eigenvalue weighted by molar-refractivity contribution is -0.158. The van der Waals surface area contributed by atoms with Crippen LogP contribution in [0.15, 0.2) is 12.2 Å². The van der Waals surface area contributed by atoms with Crippen LogP contribution in [0.2, 0.25) is 18.1 Å². The molecular weight excluding hydrogens is 356 g/mol. The molecule has 0 aromatic rings. The summed E-state index contributed by atoms with van der Waals surface area (Å²) >= 11 is 0. The maximum Gasteiger partial charge on any atom is 0.309 e. The molecule has 4 nitrogen and oxygen atoms in total. The molecule has 0 radical (unpaired) electrons. The van der Waals surface area contributed by atoms with E-state index in [1.165, 1.54) is 0 Å². The summed E-state index contributed by atoms with van der Waals surface area (Å²) in [5, 5.41) is 10.2. The number of fused-ring (bicyclic) bond motifs is 1. The predicted octanol–water partition coefficient (Wildman–Crippen LogP) is 4.79. The fourth-order valence-corrected chi connectivity index (χ4v) is 5.93. The van der Waals surface area contributed by atoms with Gasteiger partial charge in [-0.25, -0.2) is 0 Å². The van der Waals surface area contributed by atoms with E-state index in [0.29, 0.717) is 6.61 Å². The SMILES string of the molecule is CCOC(=O)[C@@H]1C2[C@@H](O[Si](C)(C)C(C)(C)C)C[C@@](C)(CO)C[C@@H]2C=C[C@@H]1C. The zero-order chi connectivity index (χ0) is 20.6. The Kier molecular flexibility index (Phi) is 6.70. The lowest BCUT2D eigenvalue weighted by Crippen LogP contribution is -2.55. The molecule has 0 aliphatic heterocycles. The summed E-state index contributed by atoms with van der Waals surface area (Å²) in [5.41, 5.74) is -0.168. The quantitative estimate of drug-likeness (QED) is 0.412. The highest BCUT2D eigenvalue weighted by molar-refractivity contribution is 6.74. The first-order valence-corrected chi connectivity index (χ1v) is 13.4. The van der Waals surface area contributed by atoms with Crippen LogP contribution in [0, 0.1) is 29.1 Å². The zero-order valence-electron chi connectivity index (χ0n) is 18.5. The molecule has 0 saturated heterocycles. The Bertz CT molecular complexity index is 565. The Morgan fingerprint density at radius 3 is 2.41 bits per heavy atom. The van der Waals surface area contributed by atoms with E-state index in [1.54, 1.807) is 0 Å². The minimum atomic E-state index is -2.01. The molecule has 2 rings (SSSR count). The first kappa shape index (κ1) is 22.6. The van der Waals surface area contributed by atoms with Crippen molar-refractivity contribution < 1.29 is 19.1 Å². The lowest BCUT2D eigenvalue weighted by atomic mass is 9.58. The van der Waals surface area contributed by atoms with Crippen molar-refractivity contribution in [3.8, 4) is 0 Å². The molecular formula is C22H40O4Si. The second-order valence-electron chi connectivity index (χ2n) is 10.6. The lowest BCUT2D eigenvalue weighted by Gasteiger charge is -2.53. The number of aliphatic hydroxyl groups is 1. The van der Waals surface area contributed by atoms with Crippen molar-refractivity contribution in [3.05, 3.63) is 12.2 Å². The van der Waals surface area contributed by atoms with Gasteiger partial charge >= 0.3 is 5.97 Å². The van der Waals surface area contributed by atoms with Gasteiger partial charge < -0.3 is 14.3 Å². The van der Waals surface area contributed by atoms with Gasteiger partial charge in [0.15, 0.2) is 8.32 Å². The second-order valence-corrected chi connectivity index (χ2v) is 15.3. The molecule has 1 N–H and O–H groups in total. The van der Waals surface area contributed by atoms with Gasteiger partial charge in [-0.15, -0.1) is 0 Å². The highest BCUT2D eigenvalue weighted by Crippen LogP contribution is 2.52. The third kappa shape index (κ3) is 4.68. The van der Waals surface area contributed by atoms with Crippen molar-refractivity contribution in [1.29, 1.82) is 0 Å². The largest absolute Gasteiger partial charge is 0.466 e. The fraction of sp³-hybridized carbons (Fsp3) is 0.864. The molecule has 1 fully saturated rings. The smallest absolute Gasteiger partial charge is 0.309 e. The van der Waals surface area contributed by atoms with Crippen molar-refractivity contribution in [2.75, 3.05) is 13.2 Å². The Balaban J connectivity index is 2.42. The van der Waals surface area contributed by atoms with Crippen LogP contribution in [0.3, 0.4) is 0 Å². The first-order valence-electron chi connectivity index (χ1n) is 10.5. The van der Waals surface area contributed by atoms with Gasteiger partial charge in [-0.1, -0.05) is 46.8 Å². The zero-order valence-corrected chi connectivity index (χ0v) is 19.5. The molecule has 2 aliphatic rings. The number of allylic oxidation sites excluding steroid dienone is 2. The summed E-state index contributed by atoms with van der Waals surface area (Å²) in [5.74, 6) is 0.252. The Morgan fingerprint density at radius 2 is 1.89 bits per heavy atom. The summed E-state index contributed by atoms with van der Waals surface area (Å²) in [7, 11) is -2.01. The molecule has 156 valence electrons. The molecule has 0 bridgehead atoms. The molecule has 27 heavy (non-hydrogen) atoms. The van der Waals surface area contributed by atoms with Crippen molar-refractivity contribution in [2.24, 2.45) is 29.1 Å². The van der Waals surface area contributed by atoms with Crippen molar-refractivity contribution >= 4 is 14.3 Å². The van der Waals surface area contributed by atoms with E-state index in [1.807, 2.05) is 6.92 Å². The summed E-state index contributed by atoms with van der Waals surface area (Å²) in [6.07, 6.45) is 6.09. The van der Waals surface area contributed by atoms with Crippen LogP contribution in [0.5, 0.6) is 0 Å². The van der Waals surface area contributed by atoms with Crippen LogP contribution in [-0.2, 0) is 14.0 Å². The third-order valence-electron chi connectivity index (χ3n) is 7.18. The minimum Gasteiger partial charge on any atom is -0.466 e. The van der Waals surface area contributed by atoms with Crippen LogP contribution < -0.4 is 0 Å². The second kappa shape index (κ2) is 8.00. The van der Waals surface area contributed by atoms with E-state index in [2.05, 4.69) is 59.9 Å². The third-order valence-corrected chi connectivity index (χ3v) is 11.7. The van der Waals surface area contributed by atoms with Gasteiger partial charge in [-0.05, 0) is 55.1 Å². The summed E-state index contributed by atoms with van der Waals surface area (Å²) in [4.78, 5) is 12.9. The maximum absolute atomic E-state index is 12.9. The summed E-state index contributed by atoms with van der Waals surface area (Å²) in [6.45, 7) is 18.0. The molecule has 0 spiro atoms. The highest BCUT2D eigenvalue weighted by Gasteiger charge is 2.53. The first-order chi connectivity index (χ1) is 12.3. The van der Waals surface area contributed by atoms with Gasteiger partial charge in [0.25, 0.3) is 0 Å². The standard InChI is InChI=1S/C22H40O4Si/c1-9-25-20(24)18-15(2)10-11-16-12-22(6,14-23)13-17(19(16)18)26-27(7,8)21(3,4)5/h10-11,15-19,23H,9,12-14H2,1-8H3/t15-,16-,17-,18-,19?,22-/m0/s1. The van der Waals surface area contributed by atoms with Crippen LogP contribution in [0.25, 0.3) is 0 Å². The average Bonchev–Trinajstić information content (AvgIpc) is 2.54. The van der Waals surface area contributed by atoms with Crippen molar-refractivity contribution in [3.63, 3.8) is 0 Å². The number of rotatable bonds is 5. The van der Waals surface area contributed by atoms with Crippen LogP contribution in [-0.4, -0.2) is 38.7 Å². The number of carbonyl (C=O) groups excluding carboxylic acids is 1. The monoisotopic (exact) mass is 396 g/mol. The number of hydrogen-bond acceptors (Lipinski definition) is 4. The van der Waals surface area contributed by atoms with Gasteiger partial charge in [0, 0.05) is 18.6 Å². The van der Waals surface area contributed by atoms with Gasteiger partial charge in [-0.2, -0.15) is 0 Å². The van der Waals surface area contributed by atoms with E-state index in [4.69, 9.17) is 9.16 Å². The molecule has 0 aromatic carbocycles. The average molecular weight is 397 g/mol. The summed E-state index contributed by atoms with van der Waals surface area (Å²) in [6, 6.07) is 0. The molecule has 5 heteroatoms. The maximum atomic E-state index is 12.9. The van der Waals surface area contributed by atoms with Crippen molar-refractivity contribution in [1.82, 2.24) is 0 Å². The van der Waals surface area contributed by atoms with Crippen LogP contribution >= 0.6 is 0 Å². The molecule has 1 unspecified atom stereocenters. The molecule has 0 amide bonds. The number of esters is 1. The Labute approximate surface area is 166 Å².